The van der Waals surface area contributed by atoms with E-state index >= 15 is 0 Å². The Balaban J connectivity index is 1.88. The number of carbonyl (C=O) groups is 1. The Morgan fingerprint density at radius 2 is 2.10 bits per heavy atom. The van der Waals surface area contributed by atoms with Crippen molar-refractivity contribution in [1.29, 1.82) is 0 Å². The summed E-state index contributed by atoms with van der Waals surface area (Å²) in [4.78, 5) is 14.4. The van der Waals surface area contributed by atoms with Crippen LogP contribution in [0.2, 0.25) is 0 Å². The Labute approximate surface area is 127 Å². The van der Waals surface area contributed by atoms with Gasteiger partial charge < -0.3 is 10.2 Å². The average Bonchev–Trinajstić information content (AvgIpc) is 2.46. The number of hydrogen-bond acceptors (Lipinski definition) is 4. The van der Waals surface area contributed by atoms with Gasteiger partial charge in [-0.3, -0.25) is 4.79 Å². The molecule has 122 valence electrons. The third-order valence-electron chi connectivity index (χ3n) is 4.39. The number of rotatable bonds is 5. The first-order chi connectivity index (χ1) is 9.96. The minimum atomic E-state index is -3.20. The van der Waals surface area contributed by atoms with Gasteiger partial charge in [0, 0.05) is 25.6 Å². The van der Waals surface area contributed by atoms with Crippen molar-refractivity contribution in [2.75, 3.05) is 32.4 Å². The summed E-state index contributed by atoms with van der Waals surface area (Å²) in [5.41, 5.74) is 0. The Bertz CT molecular complexity index is 446. The maximum absolute atomic E-state index is 12.5. The van der Waals surface area contributed by atoms with Gasteiger partial charge in [-0.25, -0.2) is 13.1 Å². The van der Waals surface area contributed by atoms with Crippen LogP contribution in [0.5, 0.6) is 0 Å². The zero-order valence-corrected chi connectivity index (χ0v) is 13.6. The lowest BCUT2D eigenvalue weighted by Gasteiger charge is -2.37. The predicted octanol–water partition coefficient (Wildman–Crippen LogP) is 0.306. The molecular formula is C14H27N3O3S. The largest absolute Gasteiger partial charge is 0.338 e. The van der Waals surface area contributed by atoms with Gasteiger partial charge in [-0.15, -0.1) is 0 Å². The van der Waals surface area contributed by atoms with Crippen molar-refractivity contribution in [1.82, 2.24) is 14.9 Å². The van der Waals surface area contributed by atoms with E-state index in [1.807, 2.05) is 4.90 Å². The number of nitrogens with zero attached hydrogens (tertiary/aromatic N) is 1. The topological polar surface area (TPSA) is 78.5 Å². The standard InChI is InChI=1S/C14H27N3O3S/c1-21(19,20)16-11-13-6-2-3-8-17(13)14(18)9-12-5-4-7-15-10-12/h12-13,15-16H,2-11H2,1H3. The van der Waals surface area contributed by atoms with Crippen LogP contribution in [0.25, 0.3) is 0 Å². The molecule has 2 rings (SSSR count). The average molecular weight is 317 g/mol. The van der Waals surface area contributed by atoms with Crippen LogP contribution in [-0.4, -0.2) is 57.7 Å². The molecule has 6 nitrogen and oxygen atoms in total. The van der Waals surface area contributed by atoms with Gasteiger partial charge in [-0.2, -0.15) is 0 Å². The van der Waals surface area contributed by atoms with Gasteiger partial charge in [0.25, 0.3) is 0 Å². The van der Waals surface area contributed by atoms with Crippen LogP contribution >= 0.6 is 0 Å². The fourth-order valence-electron chi connectivity index (χ4n) is 3.25. The number of nitrogens with one attached hydrogen (secondary N) is 2. The summed E-state index contributed by atoms with van der Waals surface area (Å²) >= 11 is 0. The van der Waals surface area contributed by atoms with Gasteiger partial charge in [0.2, 0.25) is 15.9 Å². The highest BCUT2D eigenvalue weighted by Crippen LogP contribution is 2.21. The molecule has 0 aromatic heterocycles. The van der Waals surface area contributed by atoms with E-state index in [0.717, 1.165) is 58.0 Å². The second kappa shape index (κ2) is 7.56. The number of likely N-dealkylation sites (tertiary alicyclic amines) is 1. The molecule has 2 aliphatic heterocycles. The molecule has 2 fully saturated rings. The molecule has 2 atom stereocenters. The Morgan fingerprint density at radius 3 is 2.76 bits per heavy atom. The molecule has 0 aliphatic carbocycles. The molecule has 2 aliphatic rings. The molecule has 0 aromatic carbocycles. The summed E-state index contributed by atoms with van der Waals surface area (Å²) in [5, 5.41) is 3.34. The van der Waals surface area contributed by atoms with Crippen molar-refractivity contribution < 1.29 is 13.2 Å². The van der Waals surface area contributed by atoms with Gasteiger partial charge in [-0.1, -0.05) is 0 Å². The van der Waals surface area contributed by atoms with E-state index in [1.165, 1.54) is 0 Å². The van der Waals surface area contributed by atoms with E-state index in [0.29, 0.717) is 18.9 Å². The summed E-state index contributed by atoms with van der Waals surface area (Å²) < 4.78 is 25.0. The normalized spacial score (nSPS) is 27.6. The van der Waals surface area contributed by atoms with Gasteiger partial charge >= 0.3 is 0 Å². The highest BCUT2D eigenvalue weighted by Gasteiger charge is 2.29. The third-order valence-corrected chi connectivity index (χ3v) is 5.08. The van der Waals surface area contributed by atoms with Crippen LogP contribution < -0.4 is 10.0 Å². The van der Waals surface area contributed by atoms with Crippen molar-refractivity contribution in [3.05, 3.63) is 0 Å². The molecule has 2 N–H and O–H groups in total. The molecule has 0 aromatic rings. The summed E-state index contributed by atoms with van der Waals surface area (Å²) in [5.74, 6) is 0.611. The predicted molar refractivity (Wildman–Crippen MR) is 82.4 cm³/mol. The fraction of sp³-hybridized carbons (Fsp3) is 0.929. The lowest BCUT2D eigenvalue weighted by Crippen LogP contribution is -2.50. The van der Waals surface area contributed by atoms with E-state index < -0.39 is 10.0 Å². The molecule has 2 heterocycles. The van der Waals surface area contributed by atoms with Crippen molar-refractivity contribution in [3.8, 4) is 0 Å². The van der Waals surface area contributed by atoms with E-state index in [4.69, 9.17) is 0 Å². The van der Waals surface area contributed by atoms with E-state index in [2.05, 4.69) is 10.0 Å². The maximum atomic E-state index is 12.5. The lowest BCUT2D eigenvalue weighted by atomic mass is 9.94. The van der Waals surface area contributed by atoms with Crippen molar-refractivity contribution in [2.24, 2.45) is 5.92 Å². The zero-order chi connectivity index (χ0) is 15.3. The Morgan fingerprint density at radius 1 is 1.29 bits per heavy atom. The number of amides is 1. The minimum absolute atomic E-state index is 0.0116. The Hall–Kier alpha value is -0.660. The number of sulfonamides is 1. The second-order valence-electron chi connectivity index (χ2n) is 6.27. The fourth-order valence-corrected chi connectivity index (χ4v) is 3.75. The van der Waals surface area contributed by atoms with Crippen molar-refractivity contribution in [3.63, 3.8) is 0 Å². The molecular weight excluding hydrogens is 290 g/mol. The molecule has 2 unspecified atom stereocenters. The molecule has 0 bridgehead atoms. The SMILES string of the molecule is CS(=O)(=O)NCC1CCCCN1C(=O)CC1CCCNC1. The van der Waals surface area contributed by atoms with Gasteiger partial charge in [0.15, 0.2) is 0 Å². The zero-order valence-electron chi connectivity index (χ0n) is 12.8. The van der Waals surface area contributed by atoms with Crippen LogP contribution in [-0.2, 0) is 14.8 Å². The van der Waals surface area contributed by atoms with Crippen molar-refractivity contribution >= 4 is 15.9 Å². The summed E-state index contributed by atoms with van der Waals surface area (Å²) in [6.45, 7) is 3.07. The molecule has 7 heteroatoms. The first-order valence-corrected chi connectivity index (χ1v) is 9.79. The molecule has 1 amide bonds. The number of piperidine rings is 2. The first-order valence-electron chi connectivity index (χ1n) is 7.90. The van der Waals surface area contributed by atoms with E-state index in [1.54, 1.807) is 0 Å². The minimum Gasteiger partial charge on any atom is -0.338 e. The van der Waals surface area contributed by atoms with Gasteiger partial charge in [0.1, 0.15) is 0 Å². The first kappa shape index (κ1) is 16.7. The van der Waals surface area contributed by atoms with Crippen LogP contribution in [0, 0.1) is 5.92 Å². The summed E-state index contributed by atoms with van der Waals surface area (Å²) in [7, 11) is -3.20. The molecule has 0 radical (unpaired) electrons. The molecule has 0 saturated carbocycles. The highest BCUT2D eigenvalue weighted by molar-refractivity contribution is 7.88. The number of carbonyl (C=O) groups excluding carboxylic acids is 1. The van der Waals surface area contributed by atoms with Crippen LogP contribution in [0.15, 0.2) is 0 Å². The second-order valence-corrected chi connectivity index (χ2v) is 8.11. The summed E-state index contributed by atoms with van der Waals surface area (Å²) in [6, 6.07) is 0.0116. The van der Waals surface area contributed by atoms with E-state index in [9.17, 15) is 13.2 Å². The van der Waals surface area contributed by atoms with Crippen LogP contribution in [0.4, 0.5) is 0 Å². The Kier molecular flexibility index (Phi) is 6.01. The van der Waals surface area contributed by atoms with Crippen LogP contribution in [0.1, 0.15) is 38.5 Å². The monoisotopic (exact) mass is 317 g/mol. The van der Waals surface area contributed by atoms with Crippen LogP contribution in [0.3, 0.4) is 0 Å². The lowest BCUT2D eigenvalue weighted by molar-refractivity contribution is -0.135. The highest BCUT2D eigenvalue weighted by atomic mass is 32.2. The molecule has 0 spiro atoms. The maximum Gasteiger partial charge on any atom is 0.223 e. The summed E-state index contributed by atoms with van der Waals surface area (Å²) in [6.07, 6.45) is 6.96. The van der Waals surface area contributed by atoms with Gasteiger partial charge in [0.05, 0.1) is 6.26 Å². The van der Waals surface area contributed by atoms with Crippen molar-refractivity contribution in [2.45, 2.75) is 44.6 Å². The smallest absolute Gasteiger partial charge is 0.223 e. The van der Waals surface area contributed by atoms with E-state index in [-0.39, 0.29) is 11.9 Å². The van der Waals surface area contributed by atoms with Gasteiger partial charge in [-0.05, 0) is 51.1 Å². The third kappa shape index (κ3) is 5.56. The molecule has 21 heavy (non-hydrogen) atoms. The number of hydrogen-bond donors (Lipinski definition) is 2. The molecule has 2 saturated heterocycles. The quantitative estimate of drug-likeness (QED) is 0.765.